The van der Waals surface area contributed by atoms with Crippen molar-refractivity contribution in [2.45, 2.75) is 38.6 Å². The number of sulfonamides is 1. The fraction of sp³-hybridized carbons (Fsp3) is 0.316. The van der Waals surface area contributed by atoms with Crippen molar-refractivity contribution >= 4 is 21.6 Å². The van der Waals surface area contributed by atoms with E-state index in [-0.39, 0.29) is 16.8 Å². The van der Waals surface area contributed by atoms with Gasteiger partial charge in [-0.25, -0.2) is 8.42 Å². The SMILES string of the molecule is Cc1ccc(NC(=O)c2cccc(S(=O)(=O)N(C)C(C)C)c2)c(C)c1. The molecule has 0 heterocycles. The van der Waals surface area contributed by atoms with E-state index in [0.29, 0.717) is 11.3 Å². The zero-order chi connectivity index (χ0) is 18.8. The highest BCUT2D eigenvalue weighted by atomic mass is 32.2. The normalized spacial score (nSPS) is 11.8. The predicted molar refractivity (Wildman–Crippen MR) is 100 cm³/mol. The van der Waals surface area contributed by atoms with E-state index >= 15 is 0 Å². The van der Waals surface area contributed by atoms with Gasteiger partial charge in [0.05, 0.1) is 4.90 Å². The van der Waals surface area contributed by atoms with Crippen LogP contribution in [0.2, 0.25) is 0 Å². The molecule has 0 bridgehead atoms. The second kappa shape index (κ2) is 7.37. The highest BCUT2D eigenvalue weighted by Crippen LogP contribution is 2.20. The van der Waals surface area contributed by atoms with Gasteiger partial charge >= 0.3 is 0 Å². The van der Waals surface area contributed by atoms with Crippen LogP contribution in [0.4, 0.5) is 5.69 Å². The summed E-state index contributed by atoms with van der Waals surface area (Å²) in [5.41, 5.74) is 3.08. The van der Waals surface area contributed by atoms with Gasteiger partial charge in [0.15, 0.2) is 0 Å². The maximum atomic E-state index is 12.6. The van der Waals surface area contributed by atoms with Crippen LogP contribution in [-0.2, 0) is 10.0 Å². The number of hydrogen-bond donors (Lipinski definition) is 1. The van der Waals surface area contributed by atoms with Gasteiger partial charge in [0.1, 0.15) is 0 Å². The van der Waals surface area contributed by atoms with E-state index in [1.54, 1.807) is 26.0 Å². The van der Waals surface area contributed by atoms with Crippen molar-refractivity contribution in [2.75, 3.05) is 12.4 Å². The fourth-order valence-electron chi connectivity index (χ4n) is 2.39. The quantitative estimate of drug-likeness (QED) is 0.886. The largest absolute Gasteiger partial charge is 0.322 e. The van der Waals surface area contributed by atoms with Crippen molar-refractivity contribution in [3.05, 3.63) is 59.2 Å². The molecule has 0 saturated heterocycles. The zero-order valence-electron chi connectivity index (χ0n) is 15.2. The van der Waals surface area contributed by atoms with E-state index in [1.165, 1.54) is 23.5 Å². The Morgan fingerprint density at radius 1 is 1.08 bits per heavy atom. The van der Waals surface area contributed by atoms with Crippen molar-refractivity contribution in [1.29, 1.82) is 0 Å². The highest BCUT2D eigenvalue weighted by molar-refractivity contribution is 7.89. The molecule has 0 aliphatic heterocycles. The van der Waals surface area contributed by atoms with Crippen LogP contribution in [0.1, 0.15) is 35.3 Å². The lowest BCUT2D eigenvalue weighted by Gasteiger charge is -2.21. The summed E-state index contributed by atoms with van der Waals surface area (Å²) in [5, 5.41) is 2.84. The van der Waals surface area contributed by atoms with Gasteiger partial charge in [-0.05, 0) is 57.5 Å². The number of carbonyl (C=O) groups is 1. The maximum Gasteiger partial charge on any atom is 0.255 e. The average molecular weight is 360 g/mol. The lowest BCUT2D eigenvalue weighted by Crippen LogP contribution is -2.33. The van der Waals surface area contributed by atoms with Gasteiger partial charge in [-0.15, -0.1) is 0 Å². The van der Waals surface area contributed by atoms with Gasteiger partial charge in [0, 0.05) is 24.3 Å². The van der Waals surface area contributed by atoms with E-state index in [0.717, 1.165) is 11.1 Å². The molecule has 0 aliphatic rings. The molecule has 2 aromatic carbocycles. The van der Waals surface area contributed by atoms with Crippen LogP contribution in [0.25, 0.3) is 0 Å². The first kappa shape index (κ1) is 19.1. The van der Waals surface area contributed by atoms with E-state index in [9.17, 15) is 13.2 Å². The molecule has 0 saturated carbocycles. The summed E-state index contributed by atoms with van der Waals surface area (Å²) in [6.07, 6.45) is 0. The number of carbonyl (C=O) groups excluding carboxylic acids is 1. The van der Waals surface area contributed by atoms with Crippen LogP contribution in [0.15, 0.2) is 47.4 Å². The lowest BCUT2D eigenvalue weighted by atomic mass is 10.1. The van der Waals surface area contributed by atoms with E-state index in [1.807, 2.05) is 32.0 Å². The summed E-state index contributed by atoms with van der Waals surface area (Å²) in [5.74, 6) is -0.337. The number of benzene rings is 2. The third-order valence-corrected chi connectivity index (χ3v) is 6.16. The van der Waals surface area contributed by atoms with Crippen LogP contribution >= 0.6 is 0 Å². The molecule has 2 aromatic rings. The molecule has 0 radical (unpaired) electrons. The Kier molecular flexibility index (Phi) is 5.65. The summed E-state index contributed by atoms with van der Waals surface area (Å²) in [7, 11) is -2.10. The van der Waals surface area contributed by atoms with Gasteiger partial charge in [-0.2, -0.15) is 4.31 Å². The monoisotopic (exact) mass is 360 g/mol. The first-order valence-corrected chi connectivity index (χ1v) is 9.53. The fourth-order valence-corrected chi connectivity index (χ4v) is 3.80. The molecular formula is C19H24N2O3S. The Balaban J connectivity index is 2.30. The van der Waals surface area contributed by atoms with Crippen molar-refractivity contribution in [2.24, 2.45) is 0 Å². The second-order valence-electron chi connectivity index (χ2n) is 6.42. The van der Waals surface area contributed by atoms with Crippen molar-refractivity contribution < 1.29 is 13.2 Å². The molecule has 0 aliphatic carbocycles. The Morgan fingerprint density at radius 3 is 2.36 bits per heavy atom. The van der Waals surface area contributed by atoms with Crippen molar-refractivity contribution in [3.8, 4) is 0 Å². The third-order valence-electron chi connectivity index (χ3n) is 4.13. The Hall–Kier alpha value is -2.18. The molecule has 1 N–H and O–H groups in total. The van der Waals surface area contributed by atoms with Crippen LogP contribution < -0.4 is 5.32 Å². The minimum Gasteiger partial charge on any atom is -0.322 e. The number of nitrogens with zero attached hydrogens (tertiary/aromatic N) is 1. The van der Waals surface area contributed by atoms with E-state index < -0.39 is 10.0 Å². The van der Waals surface area contributed by atoms with Crippen LogP contribution in [0.3, 0.4) is 0 Å². The van der Waals surface area contributed by atoms with Gasteiger partial charge in [-0.3, -0.25) is 4.79 Å². The van der Waals surface area contributed by atoms with E-state index in [2.05, 4.69) is 5.32 Å². The summed E-state index contributed by atoms with van der Waals surface area (Å²) in [4.78, 5) is 12.6. The maximum absolute atomic E-state index is 12.6. The molecule has 0 atom stereocenters. The number of aryl methyl sites for hydroxylation is 2. The molecule has 5 nitrogen and oxygen atoms in total. The lowest BCUT2D eigenvalue weighted by molar-refractivity contribution is 0.102. The number of rotatable bonds is 5. The first-order valence-electron chi connectivity index (χ1n) is 8.09. The molecule has 25 heavy (non-hydrogen) atoms. The van der Waals surface area contributed by atoms with Gasteiger partial charge in [-0.1, -0.05) is 23.8 Å². The van der Waals surface area contributed by atoms with Gasteiger partial charge in [0.2, 0.25) is 10.0 Å². The molecule has 134 valence electrons. The zero-order valence-corrected chi connectivity index (χ0v) is 16.0. The highest BCUT2D eigenvalue weighted by Gasteiger charge is 2.24. The van der Waals surface area contributed by atoms with Gasteiger partial charge < -0.3 is 5.32 Å². The van der Waals surface area contributed by atoms with Crippen LogP contribution in [0, 0.1) is 13.8 Å². The minimum atomic E-state index is -3.63. The number of amides is 1. The summed E-state index contributed by atoms with van der Waals surface area (Å²) < 4.78 is 26.5. The topological polar surface area (TPSA) is 66.5 Å². The molecule has 0 fully saturated rings. The molecule has 0 unspecified atom stereocenters. The number of anilines is 1. The number of nitrogens with one attached hydrogen (secondary N) is 1. The van der Waals surface area contributed by atoms with Crippen LogP contribution in [-0.4, -0.2) is 31.7 Å². The van der Waals surface area contributed by atoms with Crippen LogP contribution in [0.5, 0.6) is 0 Å². The number of hydrogen-bond acceptors (Lipinski definition) is 3. The summed E-state index contributed by atoms with van der Waals surface area (Å²) in [6, 6.07) is 11.7. The Morgan fingerprint density at radius 2 is 1.76 bits per heavy atom. The average Bonchev–Trinajstić information content (AvgIpc) is 2.56. The molecular weight excluding hydrogens is 336 g/mol. The summed E-state index contributed by atoms with van der Waals surface area (Å²) in [6.45, 7) is 7.50. The smallest absolute Gasteiger partial charge is 0.255 e. The Bertz CT molecular complexity index is 889. The molecule has 6 heteroatoms. The molecule has 0 spiro atoms. The third kappa shape index (κ3) is 4.27. The van der Waals surface area contributed by atoms with E-state index in [4.69, 9.17) is 0 Å². The van der Waals surface area contributed by atoms with Crippen molar-refractivity contribution in [1.82, 2.24) is 4.31 Å². The minimum absolute atomic E-state index is 0.108. The summed E-state index contributed by atoms with van der Waals surface area (Å²) >= 11 is 0. The van der Waals surface area contributed by atoms with Gasteiger partial charge in [0.25, 0.3) is 5.91 Å². The van der Waals surface area contributed by atoms with Crippen molar-refractivity contribution in [3.63, 3.8) is 0 Å². The Labute approximate surface area is 149 Å². The standard InChI is InChI=1S/C19H24N2O3S/c1-13(2)21(5)25(23,24)17-8-6-7-16(12-17)19(22)20-18-10-9-14(3)11-15(18)4/h6-13H,1-5H3,(H,20,22). The molecule has 1 amide bonds. The molecule has 2 rings (SSSR count). The predicted octanol–water partition coefficient (Wildman–Crippen LogP) is 3.58. The second-order valence-corrected chi connectivity index (χ2v) is 8.41. The first-order chi connectivity index (χ1) is 11.6. The molecule has 0 aromatic heterocycles.